The van der Waals surface area contributed by atoms with Crippen molar-refractivity contribution in [2.45, 2.75) is 30.5 Å². The molecule has 3 rings (SSSR count). The summed E-state index contributed by atoms with van der Waals surface area (Å²) in [5, 5.41) is 0. The summed E-state index contributed by atoms with van der Waals surface area (Å²) in [6, 6.07) is 4.69. The lowest BCUT2D eigenvalue weighted by molar-refractivity contribution is -0.194. The molecule has 2 bridgehead atoms. The molecule has 134 valence electrons. The SMILES string of the molecule is COC[C@@]12COC([C@H](n3ccccc3=O)O1)C2(C)OP(=O)(O)OC. The summed E-state index contributed by atoms with van der Waals surface area (Å²) in [5.41, 5.74) is -2.78. The van der Waals surface area contributed by atoms with Crippen molar-refractivity contribution in [2.24, 2.45) is 0 Å². The van der Waals surface area contributed by atoms with Gasteiger partial charge in [0.25, 0.3) is 5.56 Å². The molecule has 0 amide bonds. The van der Waals surface area contributed by atoms with E-state index in [0.29, 0.717) is 0 Å². The van der Waals surface area contributed by atoms with Crippen LogP contribution in [0.3, 0.4) is 0 Å². The van der Waals surface area contributed by atoms with E-state index in [2.05, 4.69) is 4.52 Å². The molecule has 3 heterocycles. The number of aromatic nitrogens is 1. The second-order valence-corrected chi connectivity index (χ2v) is 7.45. The number of ether oxygens (including phenoxy) is 3. The van der Waals surface area contributed by atoms with Crippen molar-refractivity contribution in [1.29, 1.82) is 0 Å². The first kappa shape index (κ1) is 17.8. The molecular formula is C14H20NO8P. The largest absolute Gasteiger partial charge is 0.472 e. The lowest BCUT2D eigenvalue weighted by Crippen LogP contribution is -2.54. The summed E-state index contributed by atoms with van der Waals surface area (Å²) in [6.45, 7) is 1.76. The number of rotatable bonds is 6. The van der Waals surface area contributed by atoms with E-state index in [1.54, 1.807) is 25.3 Å². The molecule has 0 radical (unpaired) electrons. The number of pyridine rings is 1. The molecule has 5 atom stereocenters. The standard InChI is InChI=1S/C14H20NO8P/c1-13(23-24(17,18)20-3)11-12(15-7-5-4-6-10(15)16)22-14(13,8-19-2)9-21-11/h4-7,11-12H,8-9H2,1-3H3,(H,17,18)/t11?,12-,13?,14+/m1/s1. The molecule has 2 aliphatic heterocycles. The predicted octanol–water partition coefficient (Wildman–Crippen LogP) is 0.683. The molecule has 24 heavy (non-hydrogen) atoms. The van der Waals surface area contributed by atoms with E-state index in [1.807, 2.05) is 0 Å². The Morgan fingerprint density at radius 2 is 2.21 bits per heavy atom. The second-order valence-electron chi connectivity index (χ2n) is 5.96. The van der Waals surface area contributed by atoms with Gasteiger partial charge in [-0.2, -0.15) is 0 Å². The van der Waals surface area contributed by atoms with Crippen molar-refractivity contribution in [3.63, 3.8) is 0 Å². The van der Waals surface area contributed by atoms with Crippen molar-refractivity contribution < 1.29 is 32.7 Å². The Morgan fingerprint density at radius 3 is 2.83 bits per heavy atom. The van der Waals surface area contributed by atoms with Gasteiger partial charge in [-0.05, 0) is 13.0 Å². The van der Waals surface area contributed by atoms with Crippen LogP contribution in [0.4, 0.5) is 0 Å². The van der Waals surface area contributed by atoms with Crippen LogP contribution >= 0.6 is 7.82 Å². The first-order valence-corrected chi connectivity index (χ1v) is 8.83. The Kier molecular flexibility index (Phi) is 4.46. The highest BCUT2D eigenvalue weighted by Crippen LogP contribution is 2.60. The third kappa shape index (κ3) is 2.57. The minimum absolute atomic E-state index is 0.0573. The smallest absolute Gasteiger partial charge is 0.381 e. The van der Waals surface area contributed by atoms with Gasteiger partial charge in [-0.1, -0.05) is 6.07 Å². The highest BCUT2D eigenvalue weighted by atomic mass is 31.2. The molecule has 2 fully saturated rings. The zero-order chi connectivity index (χ0) is 17.6. The van der Waals surface area contributed by atoms with Gasteiger partial charge in [0.2, 0.25) is 0 Å². The monoisotopic (exact) mass is 361 g/mol. The maximum absolute atomic E-state index is 12.1. The Hall–Kier alpha value is -1.06. The lowest BCUT2D eigenvalue weighted by Gasteiger charge is -2.36. The van der Waals surface area contributed by atoms with Crippen LogP contribution in [0.15, 0.2) is 29.2 Å². The van der Waals surface area contributed by atoms with Gasteiger partial charge in [-0.3, -0.25) is 18.4 Å². The first-order valence-electron chi connectivity index (χ1n) is 7.33. The molecule has 2 aliphatic rings. The third-order valence-electron chi connectivity index (χ3n) is 4.59. The third-order valence-corrected chi connectivity index (χ3v) is 5.66. The van der Waals surface area contributed by atoms with Gasteiger partial charge in [0.15, 0.2) is 6.23 Å². The number of fused-ring (bicyclic) bond motifs is 2. The summed E-state index contributed by atoms with van der Waals surface area (Å²) in [6.07, 6.45) is -0.0415. The van der Waals surface area contributed by atoms with E-state index in [9.17, 15) is 14.3 Å². The van der Waals surface area contributed by atoms with Crippen molar-refractivity contribution in [2.75, 3.05) is 27.4 Å². The van der Waals surface area contributed by atoms with Crippen molar-refractivity contribution in [3.05, 3.63) is 34.7 Å². The van der Waals surface area contributed by atoms with Crippen LogP contribution in [0.1, 0.15) is 13.2 Å². The normalized spacial score (nSPS) is 37.5. The summed E-state index contributed by atoms with van der Waals surface area (Å²) in [7, 11) is -1.77. The van der Waals surface area contributed by atoms with E-state index in [4.69, 9.17) is 18.7 Å². The maximum atomic E-state index is 12.1. The Morgan fingerprint density at radius 1 is 1.46 bits per heavy atom. The van der Waals surface area contributed by atoms with E-state index in [1.165, 1.54) is 17.7 Å². The zero-order valence-corrected chi connectivity index (χ0v) is 14.5. The molecule has 2 saturated heterocycles. The molecule has 1 aromatic heterocycles. The van der Waals surface area contributed by atoms with Crippen molar-refractivity contribution >= 4 is 7.82 Å². The fraction of sp³-hybridized carbons (Fsp3) is 0.643. The predicted molar refractivity (Wildman–Crippen MR) is 81.5 cm³/mol. The number of hydrogen-bond acceptors (Lipinski definition) is 7. The fourth-order valence-corrected chi connectivity index (χ4v) is 4.13. The Labute approximate surface area is 138 Å². The number of nitrogens with zero attached hydrogens (tertiary/aromatic N) is 1. The summed E-state index contributed by atoms with van der Waals surface area (Å²) in [5.74, 6) is 0. The molecule has 10 heteroatoms. The molecule has 9 nitrogen and oxygen atoms in total. The van der Waals surface area contributed by atoms with Crippen molar-refractivity contribution in [1.82, 2.24) is 4.57 Å². The Balaban J connectivity index is 2.04. The second kappa shape index (κ2) is 6.03. The topological polar surface area (TPSA) is 105 Å². The van der Waals surface area contributed by atoms with Crippen LogP contribution in [0.25, 0.3) is 0 Å². The molecule has 0 saturated carbocycles. The van der Waals surface area contributed by atoms with Gasteiger partial charge in [-0.15, -0.1) is 0 Å². The zero-order valence-electron chi connectivity index (χ0n) is 13.6. The molecule has 0 aromatic carbocycles. The minimum atomic E-state index is -4.32. The van der Waals surface area contributed by atoms with Crippen LogP contribution in [-0.2, 0) is 27.8 Å². The van der Waals surface area contributed by atoms with Gasteiger partial charge < -0.3 is 19.1 Å². The summed E-state index contributed by atoms with van der Waals surface area (Å²) < 4.78 is 40.4. The molecule has 0 spiro atoms. The van der Waals surface area contributed by atoms with Gasteiger partial charge in [0.1, 0.15) is 17.3 Å². The number of phosphoric ester groups is 1. The minimum Gasteiger partial charge on any atom is -0.381 e. The molecule has 1 N–H and O–H groups in total. The molecular weight excluding hydrogens is 341 g/mol. The van der Waals surface area contributed by atoms with Crippen LogP contribution in [0.2, 0.25) is 0 Å². The van der Waals surface area contributed by atoms with Gasteiger partial charge in [-0.25, -0.2) is 4.57 Å². The first-order chi connectivity index (χ1) is 11.3. The lowest BCUT2D eigenvalue weighted by atomic mass is 9.86. The molecule has 0 aliphatic carbocycles. The molecule has 3 unspecified atom stereocenters. The van der Waals surface area contributed by atoms with E-state index in [0.717, 1.165) is 7.11 Å². The fourth-order valence-electron chi connectivity index (χ4n) is 3.30. The van der Waals surface area contributed by atoms with Gasteiger partial charge in [0.05, 0.1) is 13.2 Å². The Bertz CT molecular complexity index is 723. The number of phosphoric acid groups is 1. The maximum Gasteiger partial charge on any atom is 0.472 e. The van der Waals surface area contributed by atoms with Gasteiger partial charge in [0, 0.05) is 26.5 Å². The average Bonchev–Trinajstić information content (AvgIpc) is 2.92. The van der Waals surface area contributed by atoms with Crippen LogP contribution in [0, 0.1) is 0 Å². The van der Waals surface area contributed by atoms with Crippen LogP contribution in [-0.4, -0.2) is 54.2 Å². The van der Waals surface area contributed by atoms with E-state index < -0.39 is 31.4 Å². The van der Waals surface area contributed by atoms with E-state index >= 15 is 0 Å². The average molecular weight is 361 g/mol. The van der Waals surface area contributed by atoms with E-state index in [-0.39, 0.29) is 18.8 Å². The number of hydrogen-bond donors (Lipinski definition) is 1. The summed E-state index contributed by atoms with van der Waals surface area (Å²) in [4.78, 5) is 21.9. The summed E-state index contributed by atoms with van der Waals surface area (Å²) >= 11 is 0. The van der Waals surface area contributed by atoms with Crippen LogP contribution in [0.5, 0.6) is 0 Å². The molecule has 1 aromatic rings. The number of methoxy groups -OCH3 is 1. The van der Waals surface area contributed by atoms with Crippen molar-refractivity contribution in [3.8, 4) is 0 Å². The highest BCUT2D eigenvalue weighted by molar-refractivity contribution is 7.47. The van der Waals surface area contributed by atoms with Gasteiger partial charge >= 0.3 is 7.82 Å². The van der Waals surface area contributed by atoms with Crippen LogP contribution < -0.4 is 5.56 Å². The highest BCUT2D eigenvalue weighted by Gasteiger charge is 2.72. The quantitative estimate of drug-likeness (QED) is 0.738.